The Kier molecular flexibility index (Phi) is 3.15. The van der Waals surface area contributed by atoms with Crippen molar-refractivity contribution in [2.75, 3.05) is 18.9 Å². The Hall–Kier alpha value is 0.190. The molecule has 1 heterocycles. The number of hydrogen-bond acceptors (Lipinski definition) is 5. The Morgan fingerprint density at radius 3 is 2.64 bits per heavy atom. The molecule has 1 fully saturated rings. The lowest BCUT2D eigenvalue weighted by molar-refractivity contribution is -0.223. The first-order valence-electron chi connectivity index (χ1n) is 3.63. The van der Waals surface area contributed by atoms with Crippen LogP contribution in [0.1, 0.15) is 12.8 Å². The number of aliphatic hydroxyl groups excluding tert-OH is 1. The molecule has 0 amide bonds. The van der Waals surface area contributed by atoms with Crippen LogP contribution >= 0.6 is 11.9 Å². The molecule has 0 aromatic carbocycles. The molecule has 0 aromatic rings. The van der Waals surface area contributed by atoms with E-state index in [1.54, 1.807) is 0 Å². The smallest absolute Gasteiger partial charge is 0.235 e. The van der Waals surface area contributed by atoms with E-state index in [0.29, 0.717) is 19.4 Å². The van der Waals surface area contributed by atoms with Crippen molar-refractivity contribution < 1.29 is 15.3 Å². The molecule has 5 heteroatoms. The van der Waals surface area contributed by atoms with E-state index < -0.39 is 5.91 Å². The molecule has 3 N–H and O–H groups in total. The molecule has 0 atom stereocenters. The Morgan fingerprint density at radius 1 is 1.45 bits per heavy atom. The predicted molar refractivity (Wildman–Crippen MR) is 42.7 cm³/mol. The molecule has 0 saturated carbocycles. The predicted octanol–water partition coefficient (Wildman–Crippen LogP) is -0.639. The van der Waals surface area contributed by atoms with Gasteiger partial charge < -0.3 is 15.3 Å². The highest BCUT2D eigenvalue weighted by molar-refractivity contribution is 7.97. The van der Waals surface area contributed by atoms with Gasteiger partial charge in [-0.3, -0.25) is 0 Å². The summed E-state index contributed by atoms with van der Waals surface area (Å²) >= 11 is 1.41. The summed E-state index contributed by atoms with van der Waals surface area (Å²) in [6, 6.07) is 0. The van der Waals surface area contributed by atoms with Crippen molar-refractivity contribution in [3.05, 3.63) is 0 Å². The molecule has 0 unspecified atom stereocenters. The maximum absolute atomic E-state index is 9.26. The normalized spacial score (nSPS) is 24.3. The Bertz CT molecular complexity index is 131. The molecule has 1 saturated heterocycles. The van der Waals surface area contributed by atoms with Crippen molar-refractivity contribution in [1.29, 1.82) is 0 Å². The minimum atomic E-state index is -1.65. The molecule has 0 radical (unpaired) electrons. The zero-order valence-corrected chi connectivity index (χ0v) is 7.05. The molecule has 1 aliphatic rings. The van der Waals surface area contributed by atoms with Crippen LogP contribution in [0.4, 0.5) is 0 Å². The van der Waals surface area contributed by atoms with E-state index in [1.807, 2.05) is 0 Å². The van der Waals surface area contributed by atoms with E-state index in [9.17, 15) is 10.2 Å². The summed E-state index contributed by atoms with van der Waals surface area (Å²) in [4.78, 5) is 0. The molecule has 0 spiro atoms. The Morgan fingerprint density at radius 2 is 2.18 bits per heavy atom. The van der Waals surface area contributed by atoms with Gasteiger partial charge in [-0.2, -0.15) is 4.31 Å². The van der Waals surface area contributed by atoms with E-state index in [-0.39, 0.29) is 6.61 Å². The van der Waals surface area contributed by atoms with Crippen molar-refractivity contribution in [3.8, 4) is 0 Å². The second-order valence-electron chi connectivity index (χ2n) is 2.54. The average molecular weight is 179 g/mol. The summed E-state index contributed by atoms with van der Waals surface area (Å²) in [7, 11) is 0. The lowest BCUT2D eigenvalue weighted by Gasteiger charge is -2.25. The topological polar surface area (TPSA) is 63.9 Å². The van der Waals surface area contributed by atoms with Gasteiger partial charge in [0.15, 0.2) is 0 Å². The number of nitrogens with zero attached hydrogens (tertiary/aromatic N) is 1. The zero-order valence-electron chi connectivity index (χ0n) is 6.23. The molecule has 11 heavy (non-hydrogen) atoms. The summed E-state index contributed by atoms with van der Waals surface area (Å²) in [5.74, 6) is -0.918. The van der Waals surface area contributed by atoms with Crippen LogP contribution < -0.4 is 0 Å². The largest absolute Gasteiger partial charge is 0.396 e. The van der Waals surface area contributed by atoms with Crippen molar-refractivity contribution in [2.24, 2.45) is 0 Å². The van der Waals surface area contributed by atoms with Crippen LogP contribution in [-0.2, 0) is 0 Å². The first-order chi connectivity index (χ1) is 5.17. The fraction of sp³-hybridized carbons (Fsp3) is 1.00. The van der Waals surface area contributed by atoms with E-state index in [1.165, 1.54) is 16.3 Å². The third-order valence-corrected chi connectivity index (χ3v) is 2.78. The van der Waals surface area contributed by atoms with Crippen LogP contribution in [0.15, 0.2) is 0 Å². The van der Waals surface area contributed by atoms with Gasteiger partial charge in [0, 0.05) is 25.3 Å². The van der Waals surface area contributed by atoms with Gasteiger partial charge in [-0.05, 0) is 6.42 Å². The van der Waals surface area contributed by atoms with Gasteiger partial charge in [0.1, 0.15) is 0 Å². The number of rotatable bonds is 3. The van der Waals surface area contributed by atoms with E-state index in [0.717, 1.165) is 5.75 Å². The summed E-state index contributed by atoms with van der Waals surface area (Å²) in [6.45, 7) is 0.612. The quantitative estimate of drug-likeness (QED) is 0.397. The van der Waals surface area contributed by atoms with Crippen molar-refractivity contribution in [3.63, 3.8) is 0 Å². The molecule has 4 nitrogen and oxygen atoms in total. The van der Waals surface area contributed by atoms with Crippen LogP contribution in [0.5, 0.6) is 0 Å². The molecular formula is C6H13NO3S. The standard InChI is InChI=1S/C6H13NO3S/c8-4-1-3-7-6(9,10)2-5-11-7/h8-10H,1-5H2. The van der Waals surface area contributed by atoms with Crippen molar-refractivity contribution >= 4 is 11.9 Å². The third-order valence-electron chi connectivity index (χ3n) is 1.60. The van der Waals surface area contributed by atoms with Gasteiger partial charge in [0.05, 0.1) is 0 Å². The second kappa shape index (κ2) is 3.73. The molecule has 0 aromatic heterocycles. The lowest BCUT2D eigenvalue weighted by atomic mass is 10.3. The number of aliphatic hydroxyl groups is 3. The van der Waals surface area contributed by atoms with Crippen LogP contribution in [0.3, 0.4) is 0 Å². The lowest BCUT2D eigenvalue weighted by Crippen LogP contribution is -2.40. The van der Waals surface area contributed by atoms with Crippen LogP contribution in [0, 0.1) is 0 Å². The summed E-state index contributed by atoms with van der Waals surface area (Å²) in [5, 5.41) is 27.0. The summed E-state index contributed by atoms with van der Waals surface area (Å²) < 4.78 is 1.50. The minimum absolute atomic E-state index is 0.0904. The third kappa shape index (κ3) is 2.31. The molecule has 0 aliphatic carbocycles. The zero-order chi connectivity index (χ0) is 8.32. The first-order valence-corrected chi connectivity index (χ1v) is 4.57. The van der Waals surface area contributed by atoms with Crippen LogP contribution in [-0.4, -0.2) is 44.4 Å². The highest BCUT2D eigenvalue weighted by atomic mass is 32.2. The van der Waals surface area contributed by atoms with E-state index in [4.69, 9.17) is 5.11 Å². The van der Waals surface area contributed by atoms with Gasteiger partial charge in [0.2, 0.25) is 5.91 Å². The minimum Gasteiger partial charge on any atom is -0.396 e. The van der Waals surface area contributed by atoms with Gasteiger partial charge in [-0.15, -0.1) is 0 Å². The van der Waals surface area contributed by atoms with Crippen molar-refractivity contribution in [2.45, 2.75) is 18.8 Å². The highest BCUT2D eigenvalue weighted by Gasteiger charge is 2.37. The SMILES string of the molecule is OCCCN1SCCC1(O)O. The van der Waals surface area contributed by atoms with Gasteiger partial charge >= 0.3 is 0 Å². The molecule has 1 aliphatic heterocycles. The summed E-state index contributed by atoms with van der Waals surface area (Å²) in [6.07, 6.45) is 0.957. The average Bonchev–Trinajstić information content (AvgIpc) is 2.25. The van der Waals surface area contributed by atoms with E-state index >= 15 is 0 Å². The molecule has 0 bridgehead atoms. The molecule has 66 valence electrons. The number of hydrogen-bond donors (Lipinski definition) is 3. The highest BCUT2D eigenvalue weighted by Crippen LogP contribution is 2.31. The first kappa shape index (κ1) is 9.28. The van der Waals surface area contributed by atoms with Gasteiger partial charge in [-0.25, -0.2) is 0 Å². The molecule has 1 rings (SSSR count). The Labute approximate surface area is 70.0 Å². The van der Waals surface area contributed by atoms with Crippen molar-refractivity contribution in [1.82, 2.24) is 4.31 Å². The van der Waals surface area contributed by atoms with Crippen LogP contribution in [0.2, 0.25) is 0 Å². The maximum atomic E-state index is 9.26. The van der Waals surface area contributed by atoms with Gasteiger partial charge in [-0.1, -0.05) is 11.9 Å². The summed E-state index contributed by atoms with van der Waals surface area (Å²) in [5.41, 5.74) is 0. The second-order valence-corrected chi connectivity index (χ2v) is 3.64. The Balaban J connectivity index is 2.32. The molecular weight excluding hydrogens is 166 g/mol. The van der Waals surface area contributed by atoms with Crippen LogP contribution in [0.25, 0.3) is 0 Å². The monoisotopic (exact) mass is 179 g/mol. The fourth-order valence-electron chi connectivity index (χ4n) is 0.979. The maximum Gasteiger partial charge on any atom is 0.235 e. The van der Waals surface area contributed by atoms with Gasteiger partial charge in [0.25, 0.3) is 0 Å². The fourth-order valence-corrected chi connectivity index (χ4v) is 2.12. The van der Waals surface area contributed by atoms with E-state index in [2.05, 4.69) is 0 Å².